The summed E-state index contributed by atoms with van der Waals surface area (Å²) >= 11 is 6.09. The Morgan fingerprint density at radius 3 is 2.46 bits per heavy atom. The van der Waals surface area contributed by atoms with E-state index in [1.54, 1.807) is 0 Å². The summed E-state index contributed by atoms with van der Waals surface area (Å²) in [5.41, 5.74) is 4.19. The molecule has 0 unspecified atom stereocenters. The van der Waals surface area contributed by atoms with Gasteiger partial charge in [-0.15, -0.1) is 0 Å². The number of hydrogen-bond donors (Lipinski definition) is 1. The minimum Gasteiger partial charge on any atom is -0.433 e. The van der Waals surface area contributed by atoms with Crippen LogP contribution in [0, 0.1) is 0 Å². The van der Waals surface area contributed by atoms with Crippen molar-refractivity contribution in [3.63, 3.8) is 0 Å². The van der Waals surface area contributed by atoms with Crippen molar-refractivity contribution in [3.05, 3.63) is 76.6 Å². The lowest BCUT2D eigenvalue weighted by Crippen LogP contribution is -2.14. The molecule has 0 bridgehead atoms. The first-order valence-corrected chi connectivity index (χ1v) is 11.9. The Kier molecular flexibility index (Phi) is 5.40. The maximum Gasteiger partial charge on any atom is 0.387 e. The molecule has 9 heteroatoms. The minimum atomic E-state index is -2.99. The van der Waals surface area contributed by atoms with E-state index in [1.165, 1.54) is 18.2 Å². The van der Waals surface area contributed by atoms with Crippen molar-refractivity contribution >= 4 is 34.2 Å². The lowest BCUT2D eigenvalue weighted by molar-refractivity contribution is -0.0497. The summed E-state index contributed by atoms with van der Waals surface area (Å²) in [6.45, 7) is -2.99. The van der Waals surface area contributed by atoms with E-state index in [0.29, 0.717) is 28.7 Å². The number of nitrogens with zero attached hydrogens (tertiary/aromatic N) is 3. The number of hydrogen-bond acceptors (Lipinski definition) is 4. The molecular formula is C26H21ClF2N4O2. The molecule has 2 aromatic heterocycles. The molecule has 4 aromatic rings. The molecule has 2 aliphatic carbocycles. The van der Waals surface area contributed by atoms with Gasteiger partial charge >= 0.3 is 6.61 Å². The fraction of sp³-hybridized carbons (Fsp3) is 0.269. The quantitative estimate of drug-likeness (QED) is 0.311. The molecule has 0 aliphatic heterocycles. The van der Waals surface area contributed by atoms with Gasteiger partial charge in [-0.3, -0.25) is 4.79 Å². The number of carbonyl (C=O) groups is 1. The highest BCUT2D eigenvalue weighted by atomic mass is 35.5. The monoisotopic (exact) mass is 494 g/mol. The second-order valence-electron chi connectivity index (χ2n) is 8.95. The highest BCUT2D eigenvalue weighted by molar-refractivity contribution is 6.32. The van der Waals surface area contributed by atoms with Crippen molar-refractivity contribution in [2.45, 2.75) is 44.1 Å². The average molecular weight is 495 g/mol. The summed E-state index contributed by atoms with van der Waals surface area (Å²) in [5.74, 6) is 0.145. The largest absolute Gasteiger partial charge is 0.433 e. The molecule has 2 fully saturated rings. The zero-order chi connectivity index (χ0) is 24.1. The normalized spacial score (nSPS) is 15.5. The third kappa shape index (κ3) is 4.34. The molecular weight excluding hydrogens is 474 g/mol. The number of fused-ring (bicyclic) bond motifs is 1. The molecule has 2 heterocycles. The molecule has 0 spiro atoms. The summed E-state index contributed by atoms with van der Waals surface area (Å²) < 4.78 is 31.3. The Balaban J connectivity index is 1.44. The van der Waals surface area contributed by atoms with E-state index in [9.17, 15) is 13.6 Å². The van der Waals surface area contributed by atoms with E-state index in [4.69, 9.17) is 21.7 Å². The molecule has 0 atom stereocenters. The summed E-state index contributed by atoms with van der Waals surface area (Å²) in [6.07, 6.45) is 4.12. The predicted octanol–water partition coefficient (Wildman–Crippen LogP) is 6.68. The zero-order valence-electron chi connectivity index (χ0n) is 18.5. The van der Waals surface area contributed by atoms with E-state index in [2.05, 4.69) is 10.1 Å². The van der Waals surface area contributed by atoms with Crippen LogP contribution >= 0.6 is 11.6 Å². The van der Waals surface area contributed by atoms with Crippen LogP contribution in [-0.4, -0.2) is 27.3 Å². The highest BCUT2D eigenvalue weighted by Gasteiger charge is 2.34. The van der Waals surface area contributed by atoms with Crippen LogP contribution in [0.3, 0.4) is 0 Å². The smallest absolute Gasteiger partial charge is 0.387 e. The van der Waals surface area contributed by atoms with E-state index >= 15 is 0 Å². The van der Waals surface area contributed by atoms with Crippen LogP contribution < -0.4 is 10.1 Å². The first kappa shape index (κ1) is 22.0. The fourth-order valence-corrected chi connectivity index (χ4v) is 4.51. The molecule has 2 aliphatic rings. The van der Waals surface area contributed by atoms with Gasteiger partial charge in [-0.2, -0.15) is 13.9 Å². The van der Waals surface area contributed by atoms with E-state index < -0.39 is 6.61 Å². The van der Waals surface area contributed by atoms with Crippen molar-refractivity contribution < 1.29 is 18.3 Å². The maximum absolute atomic E-state index is 13.6. The van der Waals surface area contributed by atoms with Gasteiger partial charge in [-0.05, 0) is 62.1 Å². The average Bonchev–Trinajstić information content (AvgIpc) is 3.77. The number of anilines is 1. The van der Waals surface area contributed by atoms with Crippen molar-refractivity contribution in [1.29, 1.82) is 0 Å². The van der Waals surface area contributed by atoms with Gasteiger partial charge in [0, 0.05) is 23.2 Å². The van der Waals surface area contributed by atoms with Crippen LogP contribution in [-0.2, 0) is 0 Å². The first-order valence-electron chi connectivity index (χ1n) is 11.5. The van der Waals surface area contributed by atoms with Gasteiger partial charge in [-0.25, -0.2) is 9.67 Å². The molecule has 35 heavy (non-hydrogen) atoms. The third-order valence-corrected chi connectivity index (χ3v) is 6.59. The number of nitrogens with one attached hydrogen (secondary N) is 1. The van der Waals surface area contributed by atoms with Crippen LogP contribution in [0.2, 0.25) is 5.02 Å². The number of pyridine rings is 1. The molecule has 1 amide bonds. The maximum atomic E-state index is 13.6. The van der Waals surface area contributed by atoms with Gasteiger partial charge in [0.2, 0.25) is 0 Å². The Hall–Kier alpha value is -3.52. The van der Waals surface area contributed by atoms with Gasteiger partial charge < -0.3 is 10.1 Å². The summed E-state index contributed by atoms with van der Waals surface area (Å²) in [5, 5.41) is 8.51. The van der Waals surface area contributed by atoms with Crippen LogP contribution in [0.5, 0.6) is 5.75 Å². The molecule has 178 valence electrons. The Bertz CT molecular complexity index is 1430. The van der Waals surface area contributed by atoms with Gasteiger partial charge in [0.1, 0.15) is 5.75 Å². The van der Waals surface area contributed by atoms with Crippen molar-refractivity contribution in [3.8, 4) is 11.4 Å². The van der Waals surface area contributed by atoms with E-state index in [1.807, 2.05) is 41.1 Å². The van der Waals surface area contributed by atoms with E-state index in [0.717, 1.165) is 48.1 Å². The van der Waals surface area contributed by atoms with Gasteiger partial charge in [0.15, 0.2) is 5.65 Å². The van der Waals surface area contributed by atoms with Crippen molar-refractivity contribution in [1.82, 2.24) is 14.8 Å². The summed E-state index contributed by atoms with van der Waals surface area (Å²) in [4.78, 5) is 18.5. The number of ether oxygens (including phenoxy) is 1. The number of para-hydroxylation sites is 1. The summed E-state index contributed by atoms with van der Waals surface area (Å²) in [6, 6.07) is 15.8. The number of rotatable bonds is 7. The molecule has 0 saturated heterocycles. The number of benzene rings is 2. The molecule has 6 nitrogen and oxygen atoms in total. The second kappa shape index (κ2) is 8.61. The number of halogens is 3. The molecule has 6 rings (SSSR count). The van der Waals surface area contributed by atoms with Crippen LogP contribution in [0.4, 0.5) is 14.5 Å². The molecule has 2 saturated carbocycles. The molecule has 0 radical (unpaired) electrons. The second-order valence-corrected chi connectivity index (χ2v) is 9.36. The fourth-order valence-electron chi connectivity index (χ4n) is 4.29. The topological polar surface area (TPSA) is 69.0 Å². The standard InChI is InChI=1S/C26H21ClF2N4O2/c27-19-12-16(10-11-21(19)35-26(28)29)30-25(34)18-13-20(14-6-7-14)31-24-22(18)23(15-8-9-15)32-33(24)17-4-2-1-3-5-17/h1-5,10-15,26H,6-9H2,(H,30,34). The molecule has 2 aromatic carbocycles. The van der Waals surface area contributed by atoms with Gasteiger partial charge in [0.25, 0.3) is 5.91 Å². The SMILES string of the molecule is O=C(Nc1ccc(OC(F)F)c(Cl)c1)c1cc(C2CC2)nc2c1c(C1CC1)nn2-c1ccccc1. The van der Waals surface area contributed by atoms with Crippen LogP contribution in [0.1, 0.15) is 59.3 Å². The third-order valence-electron chi connectivity index (χ3n) is 6.30. The van der Waals surface area contributed by atoms with Gasteiger partial charge in [0.05, 0.1) is 27.4 Å². The van der Waals surface area contributed by atoms with Crippen LogP contribution in [0.25, 0.3) is 16.7 Å². The van der Waals surface area contributed by atoms with Crippen molar-refractivity contribution in [2.75, 3.05) is 5.32 Å². The van der Waals surface area contributed by atoms with Crippen LogP contribution in [0.15, 0.2) is 54.6 Å². The highest BCUT2D eigenvalue weighted by Crippen LogP contribution is 2.45. The Morgan fingerprint density at radius 2 is 1.80 bits per heavy atom. The number of amides is 1. The molecule has 1 N–H and O–H groups in total. The van der Waals surface area contributed by atoms with E-state index in [-0.39, 0.29) is 16.7 Å². The Morgan fingerprint density at radius 1 is 1.06 bits per heavy atom. The first-order chi connectivity index (χ1) is 17.0. The van der Waals surface area contributed by atoms with Gasteiger partial charge in [-0.1, -0.05) is 29.8 Å². The predicted molar refractivity (Wildman–Crippen MR) is 129 cm³/mol. The number of aromatic nitrogens is 3. The lowest BCUT2D eigenvalue weighted by atomic mass is 10.0. The number of carbonyl (C=O) groups excluding carboxylic acids is 1. The summed E-state index contributed by atoms with van der Waals surface area (Å²) in [7, 11) is 0. The van der Waals surface area contributed by atoms with Crippen molar-refractivity contribution in [2.24, 2.45) is 0 Å². The Labute approximate surface area is 204 Å². The minimum absolute atomic E-state index is 0.0165. The lowest BCUT2D eigenvalue weighted by Gasteiger charge is -2.12. The zero-order valence-corrected chi connectivity index (χ0v) is 19.3. The number of alkyl halides is 2.